The number of amides is 2. The van der Waals surface area contributed by atoms with E-state index in [9.17, 15) is 4.79 Å². The van der Waals surface area contributed by atoms with Gasteiger partial charge in [0, 0.05) is 29.9 Å². The predicted octanol–water partition coefficient (Wildman–Crippen LogP) is 2.55. The van der Waals surface area contributed by atoms with Crippen molar-refractivity contribution < 1.29 is 4.79 Å². The molecule has 0 aliphatic rings. The highest BCUT2D eigenvalue weighted by Gasteiger charge is 2.15. The molecule has 0 bridgehead atoms. The van der Waals surface area contributed by atoms with Gasteiger partial charge in [-0.2, -0.15) is 0 Å². The number of thiophene rings is 1. The molecule has 0 spiro atoms. The van der Waals surface area contributed by atoms with Crippen LogP contribution in [0.3, 0.4) is 0 Å². The number of nitrogens with one attached hydrogen (secondary N) is 2. The van der Waals surface area contributed by atoms with Crippen LogP contribution in [0.15, 0.2) is 35.8 Å². The van der Waals surface area contributed by atoms with E-state index in [4.69, 9.17) is 0 Å². The zero-order valence-electron chi connectivity index (χ0n) is 13.2. The smallest absolute Gasteiger partial charge is 0.315 e. The SMILES string of the molecule is Cc1ccc(CNC(=O)NC[C@H](c2cccs2)N(C)C)cn1. The molecule has 0 fully saturated rings. The molecule has 2 rings (SSSR count). The van der Waals surface area contributed by atoms with Gasteiger partial charge in [0.2, 0.25) is 0 Å². The van der Waals surface area contributed by atoms with E-state index in [1.807, 2.05) is 39.2 Å². The number of carbonyl (C=O) groups is 1. The van der Waals surface area contributed by atoms with Crippen LogP contribution in [0.2, 0.25) is 0 Å². The molecule has 1 atom stereocenters. The van der Waals surface area contributed by atoms with Crippen LogP contribution in [-0.4, -0.2) is 36.6 Å². The van der Waals surface area contributed by atoms with Gasteiger partial charge in [0.25, 0.3) is 0 Å². The highest BCUT2D eigenvalue weighted by atomic mass is 32.1. The Morgan fingerprint density at radius 3 is 2.73 bits per heavy atom. The van der Waals surface area contributed by atoms with Crippen molar-refractivity contribution in [3.8, 4) is 0 Å². The van der Waals surface area contributed by atoms with E-state index in [-0.39, 0.29) is 12.1 Å². The van der Waals surface area contributed by atoms with E-state index in [0.717, 1.165) is 11.3 Å². The van der Waals surface area contributed by atoms with Crippen LogP contribution in [0.4, 0.5) is 4.79 Å². The Bertz CT molecular complexity index is 581. The van der Waals surface area contributed by atoms with Gasteiger partial charge in [0.05, 0.1) is 6.04 Å². The summed E-state index contributed by atoms with van der Waals surface area (Å²) >= 11 is 1.70. The zero-order valence-corrected chi connectivity index (χ0v) is 14.0. The Kier molecular flexibility index (Phi) is 5.91. The van der Waals surface area contributed by atoms with Crippen molar-refractivity contribution in [1.82, 2.24) is 20.5 Å². The van der Waals surface area contributed by atoms with Gasteiger partial charge in [0.15, 0.2) is 0 Å². The lowest BCUT2D eigenvalue weighted by atomic mass is 10.2. The molecule has 2 N–H and O–H groups in total. The molecule has 0 unspecified atom stereocenters. The number of likely N-dealkylation sites (N-methyl/N-ethyl adjacent to an activating group) is 1. The van der Waals surface area contributed by atoms with Gasteiger partial charge in [0.1, 0.15) is 0 Å². The molecule has 2 aromatic rings. The van der Waals surface area contributed by atoms with Gasteiger partial charge in [-0.05, 0) is 44.1 Å². The Morgan fingerprint density at radius 2 is 2.14 bits per heavy atom. The van der Waals surface area contributed by atoms with Crippen molar-refractivity contribution in [3.05, 3.63) is 52.0 Å². The second-order valence-electron chi connectivity index (χ2n) is 5.37. The minimum absolute atomic E-state index is 0.163. The number of hydrogen-bond donors (Lipinski definition) is 2. The quantitative estimate of drug-likeness (QED) is 0.860. The molecule has 22 heavy (non-hydrogen) atoms. The summed E-state index contributed by atoms with van der Waals surface area (Å²) in [5, 5.41) is 7.83. The van der Waals surface area contributed by atoms with Crippen molar-refractivity contribution >= 4 is 17.4 Å². The van der Waals surface area contributed by atoms with Crippen LogP contribution in [0.1, 0.15) is 22.2 Å². The van der Waals surface area contributed by atoms with Gasteiger partial charge in [-0.3, -0.25) is 4.98 Å². The molecule has 2 heterocycles. The van der Waals surface area contributed by atoms with Gasteiger partial charge in [-0.1, -0.05) is 12.1 Å². The summed E-state index contributed by atoms with van der Waals surface area (Å²) in [5.74, 6) is 0. The number of carbonyl (C=O) groups excluding carboxylic acids is 1. The minimum atomic E-state index is -0.163. The first-order valence-corrected chi connectivity index (χ1v) is 8.07. The monoisotopic (exact) mass is 318 g/mol. The number of rotatable bonds is 6. The van der Waals surface area contributed by atoms with E-state index in [1.165, 1.54) is 4.88 Å². The van der Waals surface area contributed by atoms with Crippen LogP contribution in [-0.2, 0) is 6.54 Å². The number of urea groups is 1. The maximum Gasteiger partial charge on any atom is 0.315 e. The summed E-state index contributed by atoms with van der Waals surface area (Å²) in [5.41, 5.74) is 1.96. The van der Waals surface area contributed by atoms with Crippen LogP contribution >= 0.6 is 11.3 Å². The average Bonchev–Trinajstić information content (AvgIpc) is 3.00. The Hall–Kier alpha value is -1.92. The van der Waals surface area contributed by atoms with Crippen LogP contribution in [0, 0.1) is 6.92 Å². The molecule has 0 saturated heterocycles. The van der Waals surface area contributed by atoms with E-state index in [0.29, 0.717) is 13.1 Å². The average molecular weight is 318 g/mol. The largest absolute Gasteiger partial charge is 0.336 e. The van der Waals surface area contributed by atoms with Crippen LogP contribution < -0.4 is 10.6 Å². The molecule has 2 amide bonds. The summed E-state index contributed by atoms with van der Waals surface area (Å²) in [6.45, 7) is 2.99. The molecule has 0 aliphatic carbocycles. The lowest BCUT2D eigenvalue weighted by molar-refractivity contribution is 0.233. The van der Waals surface area contributed by atoms with Gasteiger partial charge in [-0.15, -0.1) is 11.3 Å². The third-order valence-corrected chi connectivity index (χ3v) is 4.35. The molecular formula is C16H22N4OS. The van der Waals surface area contributed by atoms with E-state index >= 15 is 0 Å². The van der Waals surface area contributed by atoms with E-state index in [1.54, 1.807) is 17.5 Å². The predicted molar refractivity (Wildman–Crippen MR) is 90.0 cm³/mol. The fraction of sp³-hybridized carbons (Fsp3) is 0.375. The minimum Gasteiger partial charge on any atom is -0.336 e. The Balaban J connectivity index is 1.80. The highest BCUT2D eigenvalue weighted by Crippen LogP contribution is 2.22. The first-order valence-electron chi connectivity index (χ1n) is 7.19. The van der Waals surface area contributed by atoms with Crippen molar-refractivity contribution in [2.45, 2.75) is 19.5 Å². The van der Waals surface area contributed by atoms with Gasteiger partial charge >= 0.3 is 6.03 Å². The molecule has 0 aromatic carbocycles. The summed E-state index contributed by atoms with van der Waals surface area (Å²) in [7, 11) is 4.03. The van der Waals surface area contributed by atoms with Crippen LogP contribution in [0.5, 0.6) is 0 Å². The third kappa shape index (κ3) is 4.82. The van der Waals surface area contributed by atoms with Crippen molar-refractivity contribution in [2.75, 3.05) is 20.6 Å². The van der Waals surface area contributed by atoms with Crippen LogP contribution in [0.25, 0.3) is 0 Å². The lowest BCUT2D eigenvalue weighted by Gasteiger charge is -2.23. The normalized spacial score (nSPS) is 12.2. The summed E-state index contributed by atoms with van der Waals surface area (Å²) in [4.78, 5) is 19.5. The fourth-order valence-corrected chi connectivity index (χ4v) is 2.98. The second-order valence-corrected chi connectivity index (χ2v) is 6.35. The molecule has 118 valence electrons. The molecule has 0 saturated carbocycles. The van der Waals surface area contributed by atoms with Crippen molar-refractivity contribution in [2.24, 2.45) is 0 Å². The number of aryl methyl sites for hydroxylation is 1. The molecule has 6 heteroatoms. The van der Waals surface area contributed by atoms with E-state index in [2.05, 4.69) is 32.0 Å². The first kappa shape index (κ1) is 16.5. The maximum atomic E-state index is 11.9. The molecule has 0 radical (unpaired) electrons. The summed E-state index contributed by atoms with van der Waals surface area (Å²) in [6, 6.07) is 8.05. The van der Waals surface area contributed by atoms with E-state index < -0.39 is 0 Å². The maximum absolute atomic E-state index is 11.9. The van der Waals surface area contributed by atoms with Crippen molar-refractivity contribution in [3.63, 3.8) is 0 Å². The molecular weight excluding hydrogens is 296 g/mol. The van der Waals surface area contributed by atoms with Gasteiger partial charge < -0.3 is 15.5 Å². The highest BCUT2D eigenvalue weighted by molar-refractivity contribution is 7.10. The summed E-state index contributed by atoms with van der Waals surface area (Å²) < 4.78 is 0. The Morgan fingerprint density at radius 1 is 1.32 bits per heavy atom. The fourth-order valence-electron chi connectivity index (χ4n) is 2.06. The molecule has 0 aliphatic heterocycles. The number of hydrogen-bond acceptors (Lipinski definition) is 4. The lowest BCUT2D eigenvalue weighted by Crippen LogP contribution is -2.40. The Labute approximate surface area is 135 Å². The number of aromatic nitrogens is 1. The second kappa shape index (κ2) is 7.91. The summed E-state index contributed by atoms with van der Waals surface area (Å²) in [6.07, 6.45) is 1.78. The standard InChI is InChI=1S/C16H22N4OS/c1-12-6-7-13(9-17-12)10-18-16(21)19-11-14(20(2)3)15-5-4-8-22-15/h4-9,14H,10-11H2,1-3H3,(H2,18,19,21)/t14-/m1/s1. The molecule has 2 aromatic heterocycles. The number of nitrogens with zero attached hydrogens (tertiary/aromatic N) is 2. The topological polar surface area (TPSA) is 57.3 Å². The van der Waals surface area contributed by atoms with Crippen molar-refractivity contribution in [1.29, 1.82) is 0 Å². The third-order valence-electron chi connectivity index (χ3n) is 3.38. The van der Waals surface area contributed by atoms with Gasteiger partial charge in [-0.25, -0.2) is 4.79 Å². The number of pyridine rings is 1. The zero-order chi connectivity index (χ0) is 15.9. The molecule has 5 nitrogen and oxygen atoms in total. The first-order chi connectivity index (χ1) is 10.6.